The Morgan fingerprint density at radius 1 is 1.33 bits per heavy atom. The molecule has 15 heavy (non-hydrogen) atoms. The van der Waals surface area contributed by atoms with Crippen LogP contribution < -0.4 is 0 Å². The minimum absolute atomic E-state index is 0.148. The molecular formula is C12H17FO2. The maximum atomic E-state index is 12.4. The van der Waals surface area contributed by atoms with Crippen LogP contribution in [0, 0.1) is 5.82 Å². The number of carboxylic acids is 1. The van der Waals surface area contributed by atoms with Crippen LogP contribution in [0.25, 0.3) is 0 Å². The van der Waals surface area contributed by atoms with Crippen LogP contribution in [-0.4, -0.2) is 11.1 Å². The molecule has 0 saturated heterocycles. The molecule has 0 amide bonds. The SMILES string of the molecule is CC(=O)O.CCCCc1ccc(F)cc1. The van der Waals surface area contributed by atoms with Gasteiger partial charge in [0.15, 0.2) is 0 Å². The van der Waals surface area contributed by atoms with E-state index in [1.807, 2.05) is 12.1 Å². The lowest BCUT2D eigenvalue weighted by atomic mass is 10.1. The Kier molecular flexibility index (Phi) is 7.24. The topological polar surface area (TPSA) is 37.3 Å². The van der Waals surface area contributed by atoms with Crippen molar-refractivity contribution in [2.45, 2.75) is 33.1 Å². The Balaban J connectivity index is 0.000000423. The lowest BCUT2D eigenvalue weighted by molar-refractivity contribution is -0.134. The fourth-order valence-corrected chi connectivity index (χ4v) is 1.03. The van der Waals surface area contributed by atoms with Crippen molar-refractivity contribution in [1.29, 1.82) is 0 Å². The highest BCUT2D eigenvalue weighted by atomic mass is 19.1. The van der Waals surface area contributed by atoms with Gasteiger partial charge < -0.3 is 5.11 Å². The maximum absolute atomic E-state index is 12.4. The third-order valence-corrected chi connectivity index (χ3v) is 1.73. The van der Waals surface area contributed by atoms with Crippen LogP contribution in [0.3, 0.4) is 0 Å². The first-order valence-electron chi connectivity index (χ1n) is 5.00. The van der Waals surface area contributed by atoms with Crippen LogP contribution in [0.15, 0.2) is 24.3 Å². The van der Waals surface area contributed by atoms with Crippen LogP contribution in [0.2, 0.25) is 0 Å². The van der Waals surface area contributed by atoms with Gasteiger partial charge >= 0.3 is 0 Å². The van der Waals surface area contributed by atoms with Gasteiger partial charge in [0.05, 0.1) is 0 Å². The van der Waals surface area contributed by atoms with Crippen molar-refractivity contribution in [2.75, 3.05) is 0 Å². The number of rotatable bonds is 3. The summed E-state index contributed by atoms with van der Waals surface area (Å²) in [6, 6.07) is 6.74. The predicted molar refractivity (Wildman–Crippen MR) is 58.3 cm³/mol. The monoisotopic (exact) mass is 212 g/mol. The second kappa shape index (κ2) is 7.97. The van der Waals surface area contributed by atoms with Crippen molar-refractivity contribution in [3.8, 4) is 0 Å². The van der Waals surface area contributed by atoms with Crippen LogP contribution in [-0.2, 0) is 11.2 Å². The average Bonchev–Trinajstić information content (AvgIpc) is 2.16. The fourth-order valence-electron chi connectivity index (χ4n) is 1.03. The van der Waals surface area contributed by atoms with Gasteiger partial charge in [-0.15, -0.1) is 0 Å². The molecule has 1 aromatic carbocycles. The molecule has 0 atom stereocenters. The average molecular weight is 212 g/mol. The van der Waals surface area contributed by atoms with Crippen LogP contribution in [0.5, 0.6) is 0 Å². The van der Waals surface area contributed by atoms with E-state index in [4.69, 9.17) is 9.90 Å². The molecule has 0 aliphatic rings. The van der Waals surface area contributed by atoms with Crippen molar-refractivity contribution in [3.63, 3.8) is 0 Å². The molecule has 0 heterocycles. The second-order valence-electron chi connectivity index (χ2n) is 3.25. The summed E-state index contributed by atoms with van der Waals surface area (Å²) in [5, 5.41) is 7.42. The molecule has 1 aromatic rings. The number of unbranched alkanes of at least 4 members (excludes halogenated alkanes) is 1. The molecule has 0 saturated carbocycles. The summed E-state index contributed by atoms with van der Waals surface area (Å²) in [6.45, 7) is 3.24. The van der Waals surface area contributed by atoms with Gasteiger partial charge in [-0.05, 0) is 30.5 Å². The molecule has 84 valence electrons. The normalized spacial score (nSPS) is 9.00. The standard InChI is InChI=1S/C10H13F.C2H4O2/c1-2-3-4-9-5-7-10(11)8-6-9;1-2(3)4/h5-8H,2-4H2,1H3;1H3,(H,3,4). The molecule has 1 N–H and O–H groups in total. The van der Waals surface area contributed by atoms with Crippen molar-refractivity contribution in [3.05, 3.63) is 35.6 Å². The number of carbonyl (C=O) groups is 1. The molecule has 2 nitrogen and oxygen atoms in total. The fraction of sp³-hybridized carbons (Fsp3) is 0.417. The first kappa shape index (κ1) is 13.6. The maximum Gasteiger partial charge on any atom is 0.300 e. The largest absolute Gasteiger partial charge is 0.481 e. The number of hydrogen-bond acceptors (Lipinski definition) is 1. The van der Waals surface area contributed by atoms with E-state index in [0.717, 1.165) is 13.3 Å². The molecule has 0 aliphatic heterocycles. The van der Waals surface area contributed by atoms with Gasteiger partial charge in [-0.3, -0.25) is 4.79 Å². The number of aliphatic carboxylic acids is 1. The van der Waals surface area contributed by atoms with Crippen molar-refractivity contribution in [2.24, 2.45) is 0 Å². The first-order valence-corrected chi connectivity index (χ1v) is 5.00. The van der Waals surface area contributed by atoms with Crippen molar-refractivity contribution >= 4 is 5.97 Å². The molecule has 0 aliphatic carbocycles. The Labute approximate surface area is 89.7 Å². The number of hydrogen-bond donors (Lipinski definition) is 1. The van der Waals surface area contributed by atoms with E-state index >= 15 is 0 Å². The molecule has 0 radical (unpaired) electrons. The summed E-state index contributed by atoms with van der Waals surface area (Å²) in [5.74, 6) is -0.981. The van der Waals surface area contributed by atoms with Gasteiger partial charge in [-0.25, -0.2) is 4.39 Å². The van der Waals surface area contributed by atoms with Gasteiger partial charge in [0, 0.05) is 6.92 Å². The minimum atomic E-state index is -0.833. The Morgan fingerprint density at radius 3 is 2.20 bits per heavy atom. The van der Waals surface area contributed by atoms with E-state index in [-0.39, 0.29) is 5.82 Å². The zero-order chi connectivity index (χ0) is 11.7. The van der Waals surface area contributed by atoms with Crippen LogP contribution >= 0.6 is 0 Å². The van der Waals surface area contributed by atoms with E-state index in [1.165, 1.54) is 30.5 Å². The first-order chi connectivity index (χ1) is 7.06. The quantitative estimate of drug-likeness (QED) is 0.835. The Bertz CT molecular complexity index is 276. The van der Waals surface area contributed by atoms with E-state index in [1.54, 1.807) is 0 Å². The number of benzene rings is 1. The van der Waals surface area contributed by atoms with Crippen LogP contribution in [0.1, 0.15) is 32.3 Å². The summed E-state index contributed by atoms with van der Waals surface area (Å²) < 4.78 is 12.4. The summed E-state index contributed by atoms with van der Waals surface area (Å²) in [7, 11) is 0. The van der Waals surface area contributed by atoms with Gasteiger partial charge in [-0.2, -0.15) is 0 Å². The highest BCUT2D eigenvalue weighted by Crippen LogP contribution is 2.06. The highest BCUT2D eigenvalue weighted by Gasteiger charge is 1.91. The van der Waals surface area contributed by atoms with E-state index in [0.29, 0.717) is 0 Å². The zero-order valence-corrected chi connectivity index (χ0v) is 9.16. The molecule has 3 heteroatoms. The zero-order valence-electron chi connectivity index (χ0n) is 9.16. The summed E-state index contributed by atoms with van der Waals surface area (Å²) in [5.41, 5.74) is 1.23. The Hall–Kier alpha value is -1.38. The predicted octanol–water partition coefficient (Wildman–Crippen LogP) is 3.26. The smallest absolute Gasteiger partial charge is 0.300 e. The molecule has 0 aromatic heterocycles. The summed E-state index contributed by atoms with van der Waals surface area (Å²) >= 11 is 0. The molecular weight excluding hydrogens is 195 g/mol. The lowest BCUT2D eigenvalue weighted by Gasteiger charge is -1.97. The van der Waals surface area contributed by atoms with Crippen molar-refractivity contribution < 1.29 is 14.3 Å². The van der Waals surface area contributed by atoms with Crippen molar-refractivity contribution in [1.82, 2.24) is 0 Å². The third-order valence-electron chi connectivity index (χ3n) is 1.73. The number of halogens is 1. The number of carboxylic acid groups (broad SMARTS) is 1. The summed E-state index contributed by atoms with van der Waals surface area (Å²) in [6.07, 6.45) is 3.44. The highest BCUT2D eigenvalue weighted by molar-refractivity contribution is 5.62. The molecule has 1 rings (SSSR count). The minimum Gasteiger partial charge on any atom is -0.481 e. The number of aryl methyl sites for hydroxylation is 1. The Morgan fingerprint density at radius 2 is 1.80 bits per heavy atom. The molecule has 0 fully saturated rings. The molecule has 0 unspecified atom stereocenters. The molecule has 0 bridgehead atoms. The van der Waals surface area contributed by atoms with E-state index in [9.17, 15) is 4.39 Å². The van der Waals surface area contributed by atoms with Gasteiger partial charge in [0.1, 0.15) is 5.82 Å². The van der Waals surface area contributed by atoms with Gasteiger partial charge in [0.2, 0.25) is 0 Å². The summed E-state index contributed by atoms with van der Waals surface area (Å²) in [4.78, 5) is 9.00. The lowest BCUT2D eigenvalue weighted by Crippen LogP contribution is -1.83. The van der Waals surface area contributed by atoms with Gasteiger partial charge in [0.25, 0.3) is 5.97 Å². The molecule has 0 spiro atoms. The van der Waals surface area contributed by atoms with E-state index in [2.05, 4.69) is 6.92 Å². The third kappa shape index (κ3) is 8.94. The van der Waals surface area contributed by atoms with Gasteiger partial charge in [-0.1, -0.05) is 25.5 Å². The van der Waals surface area contributed by atoms with Crippen LogP contribution in [0.4, 0.5) is 4.39 Å². The second-order valence-corrected chi connectivity index (χ2v) is 3.25. The van der Waals surface area contributed by atoms with E-state index < -0.39 is 5.97 Å².